The Hall–Kier alpha value is -0.530. The van der Waals surface area contributed by atoms with E-state index in [2.05, 4.69) is 4.72 Å². The van der Waals surface area contributed by atoms with Crippen LogP contribution in [0.3, 0.4) is 0 Å². The third-order valence-corrected chi connectivity index (χ3v) is 5.18. The first kappa shape index (κ1) is 18.5. The Morgan fingerprint density at radius 1 is 1.19 bits per heavy atom. The van der Waals surface area contributed by atoms with Gasteiger partial charge in [-0.1, -0.05) is 55.6 Å². The molecule has 21 heavy (non-hydrogen) atoms. The van der Waals surface area contributed by atoms with E-state index in [0.717, 1.165) is 0 Å². The third-order valence-electron chi connectivity index (χ3n) is 2.62. The predicted molar refractivity (Wildman–Crippen MR) is 82.7 cm³/mol. The molecule has 0 bridgehead atoms. The molecule has 0 amide bonds. The molecular weight excluding hydrogens is 361 g/mol. The number of benzene rings is 1. The van der Waals surface area contributed by atoms with Crippen LogP contribution < -0.4 is 4.72 Å². The maximum atomic E-state index is 12.4. The van der Waals surface area contributed by atoms with E-state index in [1.807, 2.05) is 0 Å². The number of carboxylic acid groups (broad SMARTS) is 1. The molecule has 0 saturated carbocycles. The third kappa shape index (κ3) is 4.47. The predicted octanol–water partition coefficient (Wildman–Crippen LogP) is 3.42. The van der Waals surface area contributed by atoms with Crippen molar-refractivity contribution in [2.75, 3.05) is 0 Å². The number of nitrogens with one attached hydrogen (secondary N) is 1. The number of rotatable bonds is 4. The molecule has 0 saturated heterocycles. The summed E-state index contributed by atoms with van der Waals surface area (Å²) in [6.07, 6.45) is 0. The summed E-state index contributed by atoms with van der Waals surface area (Å²) in [6, 6.07) is 1.10. The quantitative estimate of drug-likeness (QED) is 0.846. The lowest BCUT2D eigenvalue weighted by Gasteiger charge is -2.27. The molecule has 1 rings (SSSR count). The van der Waals surface area contributed by atoms with E-state index in [1.165, 1.54) is 12.1 Å². The van der Waals surface area contributed by atoms with Gasteiger partial charge in [0.15, 0.2) is 0 Å². The van der Waals surface area contributed by atoms with Crippen LogP contribution in [0.5, 0.6) is 0 Å². The number of carboxylic acids is 1. The fourth-order valence-electron chi connectivity index (χ4n) is 1.60. The second-order valence-electron chi connectivity index (χ2n) is 5.46. The Bertz CT molecular complexity index is 645. The zero-order chi connectivity index (χ0) is 16.6. The van der Waals surface area contributed by atoms with Gasteiger partial charge in [-0.2, -0.15) is 4.72 Å². The van der Waals surface area contributed by atoms with Crippen molar-refractivity contribution in [2.45, 2.75) is 31.7 Å². The molecule has 0 aliphatic rings. The van der Waals surface area contributed by atoms with E-state index < -0.39 is 32.3 Å². The molecule has 0 aliphatic carbocycles. The minimum Gasteiger partial charge on any atom is -0.480 e. The maximum Gasteiger partial charge on any atom is 0.322 e. The highest BCUT2D eigenvalue weighted by molar-refractivity contribution is 7.89. The fraction of sp³-hybridized carbons (Fsp3) is 0.417. The van der Waals surface area contributed by atoms with Gasteiger partial charge in [0.05, 0.1) is 10.0 Å². The van der Waals surface area contributed by atoms with Crippen molar-refractivity contribution < 1.29 is 18.3 Å². The first-order valence-corrected chi connectivity index (χ1v) is 8.37. The van der Waals surface area contributed by atoms with Crippen LogP contribution in [0.25, 0.3) is 0 Å². The molecule has 118 valence electrons. The van der Waals surface area contributed by atoms with E-state index in [0.29, 0.717) is 0 Å². The average Bonchev–Trinajstić information content (AvgIpc) is 2.21. The molecule has 0 fully saturated rings. The van der Waals surface area contributed by atoms with Gasteiger partial charge >= 0.3 is 5.97 Å². The lowest BCUT2D eigenvalue weighted by molar-refractivity contribution is -0.141. The standard InChI is InChI=1S/C12H14Cl3NO4S/c1-12(2,3)10(11(17)18)16-21(19,20)9-7(14)4-6(13)5-8(9)15/h4-5,10,16H,1-3H3,(H,17,18)/t10-/m0/s1. The molecular formula is C12H14Cl3NO4S. The van der Waals surface area contributed by atoms with Gasteiger partial charge in [0.2, 0.25) is 10.0 Å². The van der Waals surface area contributed by atoms with Crippen LogP contribution in [0.2, 0.25) is 15.1 Å². The summed E-state index contributed by atoms with van der Waals surface area (Å²) in [4.78, 5) is 10.9. The zero-order valence-electron chi connectivity index (χ0n) is 11.4. The highest BCUT2D eigenvalue weighted by Crippen LogP contribution is 2.33. The van der Waals surface area contributed by atoms with Gasteiger partial charge in [0.25, 0.3) is 0 Å². The Morgan fingerprint density at radius 3 is 1.95 bits per heavy atom. The largest absolute Gasteiger partial charge is 0.480 e. The average molecular weight is 375 g/mol. The summed E-state index contributed by atoms with van der Waals surface area (Å²) in [5.74, 6) is -1.30. The molecule has 9 heteroatoms. The topological polar surface area (TPSA) is 83.5 Å². The summed E-state index contributed by atoms with van der Waals surface area (Å²) < 4.78 is 26.8. The van der Waals surface area contributed by atoms with Gasteiger partial charge in [-0.25, -0.2) is 8.42 Å². The molecule has 2 N–H and O–H groups in total. The molecule has 0 spiro atoms. The van der Waals surface area contributed by atoms with Gasteiger partial charge in [-0.05, 0) is 17.5 Å². The van der Waals surface area contributed by atoms with E-state index in [-0.39, 0.29) is 15.1 Å². The number of hydrogen-bond acceptors (Lipinski definition) is 3. The molecule has 0 heterocycles. The monoisotopic (exact) mass is 373 g/mol. The van der Waals surface area contributed by atoms with Gasteiger partial charge in [0, 0.05) is 5.02 Å². The van der Waals surface area contributed by atoms with Crippen LogP contribution in [-0.4, -0.2) is 25.5 Å². The van der Waals surface area contributed by atoms with Crippen molar-refractivity contribution in [1.82, 2.24) is 4.72 Å². The van der Waals surface area contributed by atoms with E-state index >= 15 is 0 Å². The Labute approximate surface area is 138 Å². The Balaban J connectivity index is 3.33. The van der Waals surface area contributed by atoms with Crippen LogP contribution in [0.4, 0.5) is 0 Å². The van der Waals surface area contributed by atoms with Crippen molar-refractivity contribution in [2.24, 2.45) is 5.41 Å². The summed E-state index contributed by atoms with van der Waals surface area (Å²) in [6.45, 7) is 4.79. The molecule has 0 radical (unpaired) electrons. The molecule has 1 atom stereocenters. The van der Waals surface area contributed by atoms with E-state index in [1.54, 1.807) is 20.8 Å². The minimum atomic E-state index is -4.22. The molecule has 0 aliphatic heterocycles. The lowest BCUT2D eigenvalue weighted by Crippen LogP contribution is -2.49. The van der Waals surface area contributed by atoms with Crippen molar-refractivity contribution >= 4 is 50.8 Å². The van der Waals surface area contributed by atoms with Gasteiger partial charge in [-0.3, -0.25) is 4.79 Å². The fourth-order valence-corrected chi connectivity index (χ4v) is 4.54. The Morgan fingerprint density at radius 2 is 1.62 bits per heavy atom. The first-order valence-electron chi connectivity index (χ1n) is 5.76. The molecule has 0 aromatic heterocycles. The first-order chi connectivity index (χ1) is 9.36. The number of halogens is 3. The van der Waals surface area contributed by atoms with E-state index in [4.69, 9.17) is 34.8 Å². The maximum absolute atomic E-state index is 12.4. The van der Waals surface area contributed by atoms with Crippen molar-refractivity contribution in [3.05, 3.63) is 27.2 Å². The number of carbonyl (C=O) groups is 1. The number of aliphatic carboxylic acids is 1. The van der Waals surface area contributed by atoms with Crippen LogP contribution in [0.15, 0.2) is 17.0 Å². The smallest absolute Gasteiger partial charge is 0.322 e. The second kappa shape index (κ2) is 6.30. The summed E-state index contributed by atoms with van der Waals surface area (Å²) >= 11 is 17.4. The van der Waals surface area contributed by atoms with Crippen LogP contribution in [0, 0.1) is 5.41 Å². The van der Waals surface area contributed by atoms with Crippen LogP contribution >= 0.6 is 34.8 Å². The lowest BCUT2D eigenvalue weighted by atomic mass is 9.88. The molecule has 0 unspecified atom stereocenters. The minimum absolute atomic E-state index is 0.176. The number of sulfonamides is 1. The van der Waals surface area contributed by atoms with Gasteiger partial charge in [-0.15, -0.1) is 0 Å². The van der Waals surface area contributed by atoms with E-state index in [9.17, 15) is 18.3 Å². The van der Waals surface area contributed by atoms with Crippen molar-refractivity contribution in [3.8, 4) is 0 Å². The van der Waals surface area contributed by atoms with Crippen LogP contribution in [-0.2, 0) is 14.8 Å². The second-order valence-corrected chi connectivity index (χ2v) is 8.36. The Kier molecular flexibility index (Phi) is 5.56. The normalized spacial score (nSPS) is 14.0. The summed E-state index contributed by atoms with van der Waals surface area (Å²) in [5.41, 5.74) is -0.843. The molecule has 1 aromatic rings. The van der Waals surface area contributed by atoms with Crippen molar-refractivity contribution in [3.63, 3.8) is 0 Å². The van der Waals surface area contributed by atoms with Gasteiger partial charge in [0.1, 0.15) is 10.9 Å². The highest BCUT2D eigenvalue weighted by atomic mass is 35.5. The SMILES string of the molecule is CC(C)(C)[C@@H](NS(=O)(=O)c1c(Cl)cc(Cl)cc1Cl)C(=O)O. The summed E-state index contributed by atoms with van der Waals surface area (Å²) in [7, 11) is -4.22. The number of hydrogen-bond donors (Lipinski definition) is 2. The van der Waals surface area contributed by atoms with Crippen LogP contribution in [0.1, 0.15) is 20.8 Å². The highest BCUT2D eigenvalue weighted by Gasteiger charge is 2.36. The van der Waals surface area contributed by atoms with Crippen molar-refractivity contribution in [1.29, 1.82) is 0 Å². The molecule has 1 aromatic carbocycles. The van der Waals surface area contributed by atoms with Gasteiger partial charge < -0.3 is 5.11 Å². The zero-order valence-corrected chi connectivity index (χ0v) is 14.5. The molecule has 5 nitrogen and oxygen atoms in total. The summed E-state index contributed by atoms with van der Waals surface area (Å²) in [5, 5.41) is 9.00.